The Bertz CT molecular complexity index is 595. The smallest absolute Gasteiger partial charge is 0.307 e. The number of carbonyl (C=O) groups is 1. The van der Waals surface area contributed by atoms with Crippen LogP contribution in [0.25, 0.3) is 10.8 Å². The van der Waals surface area contributed by atoms with Gasteiger partial charge in [0.15, 0.2) is 0 Å². The molecule has 4 nitrogen and oxygen atoms in total. The van der Waals surface area contributed by atoms with Crippen molar-refractivity contribution in [2.75, 3.05) is 14.2 Å². The Hall–Kier alpha value is -2.07. The van der Waals surface area contributed by atoms with Crippen molar-refractivity contribution in [3.63, 3.8) is 0 Å². The summed E-state index contributed by atoms with van der Waals surface area (Å²) in [7, 11) is 2.95. The lowest BCUT2D eigenvalue weighted by molar-refractivity contribution is -0.141. The van der Waals surface area contributed by atoms with Gasteiger partial charge in [-0.25, -0.2) is 0 Å². The monoisotopic (exact) mass is 259 g/mol. The van der Waals surface area contributed by atoms with Crippen LogP contribution in [-0.2, 0) is 9.53 Å². The minimum absolute atomic E-state index is 0.126. The van der Waals surface area contributed by atoms with E-state index in [0.29, 0.717) is 5.75 Å². The third kappa shape index (κ3) is 2.69. The molecule has 0 unspecified atom stereocenters. The largest absolute Gasteiger partial charge is 0.496 e. The van der Waals surface area contributed by atoms with Crippen LogP contribution in [0.2, 0.25) is 0 Å². The van der Waals surface area contributed by atoms with Crippen LogP contribution in [0.1, 0.15) is 18.0 Å². The van der Waals surface area contributed by atoms with Gasteiger partial charge in [0.1, 0.15) is 5.75 Å². The van der Waals surface area contributed by atoms with E-state index in [0.717, 1.165) is 16.3 Å². The van der Waals surface area contributed by atoms with Gasteiger partial charge >= 0.3 is 5.97 Å². The molecule has 0 saturated carbocycles. The number of nitrogens with two attached hydrogens (primary N) is 1. The van der Waals surface area contributed by atoms with Gasteiger partial charge in [0.05, 0.1) is 20.6 Å². The predicted molar refractivity (Wildman–Crippen MR) is 74.1 cm³/mol. The molecule has 0 aliphatic rings. The summed E-state index contributed by atoms with van der Waals surface area (Å²) in [4.78, 5) is 11.4. The van der Waals surface area contributed by atoms with E-state index in [1.54, 1.807) is 7.11 Å². The molecule has 0 saturated heterocycles. The molecule has 2 aromatic rings. The molecular formula is C15H17NO3. The number of hydrogen-bond donors (Lipinski definition) is 1. The molecule has 19 heavy (non-hydrogen) atoms. The van der Waals surface area contributed by atoms with Crippen molar-refractivity contribution in [2.45, 2.75) is 12.5 Å². The molecule has 1 atom stereocenters. The van der Waals surface area contributed by atoms with E-state index < -0.39 is 6.04 Å². The van der Waals surface area contributed by atoms with Crippen LogP contribution < -0.4 is 10.5 Å². The summed E-state index contributed by atoms with van der Waals surface area (Å²) < 4.78 is 10.0. The summed E-state index contributed by atoms with van der Waals surface area (Å²) in [6, 6.07) is 11.3. The molecule has 0 amide bonds. The Morgan fingerprint density at radius 2 is 1.95 bits per heavy atom. The Morgan fingerprint density at radius 1 is 1.21 bits per heavy atom. The highest BCUT2D eigenvalue weighted by atomic mass is 16.5. The lowest BCUT2D eigenvalue weighted by Gasteiger charge is -2.17. The molecule has 2 aromatic carbocycles. The quantitative estimate of drug-likeness (QED) is 0.856. The van der Waals surface area contributed by atoms with E-state index in [1.807, 2.05) is 36.4 Å². The molecule has 0 aromatic heterocycles. The first kappa shape index (κ1) is 13.4. The number of hydrogen-bond acceptors (Lipinski definition) is 4. The van der Waals surface area contributed by atoms with Gasteiger partial charge < -0.3 is 15.2 Å². The molecule has 4 heteroatoms. The molecule has 0 aliphatic carbocycles. The molecule has 0 aliphatic heterocycles. The number of esters is 1. The molecule has 0 radical (unpaired) electrons. The first-order valence-electron chi connectivity index (χ1n) is 6.05. The maximum Gasteiger partial charge on any atom is 0.307 e. The zero-order chi connectivity index (χ0) is 13.8. The summed E-state index contributed by atoms with van der Waals surface area (Å²) in [5.74, 6) is 0.359. The summed E-state index contributed by atoms with van der Waals surface area (Å²) >= 11 is 0. The van der Waals surface area contributed by atoms with E-state index in [9.17, 15) is 4.79 Å². The molecule has 0 fully saturated rings. The Balaban J connectivity index is 2.52. The van der Waals surface area contributed by atoms with Crippen LogP contribution in [0.4, 0.5) is 0 Å². The Labute approximate surface area is 112 Å². The van der Waals surface area contributed by atoms with E-state index in [1.165, 1.54) is 7.11 Å². The highest BCUT2D eigenvalue weighted by molar-refractivity contribution is 5.88. The van der Waals surface area contributed by atoms with E-state index in [4.69, 9.17) is 10.5 Å². The lowest BCUT2D eigenvalue weighted by atomic mass is 9.96. The summed E-state index contributed by atoms with van der Waals surface area (Å²) in [6.07, 6.45) is 0.126. The fraction of sp³-hybridized carbons (Fsp3) is 0.267. The number of methoxy groups -OCH3 is 2. The maximum absolute atomic E-state index is 11.4. The second kappa shape index (κ2) is 5.71. The van der Waals surface area contributed by atoms with Crippen molar-refractivity contribution in [1.82, 2.24) is 0 Å². The predicted octanol–water partition coefficient (Wildman–Crippen LogP) is 2.41. The van der Waals surface area contributed by atoms with E-state index in [-0.39, 0.29) is 12.4 Å². The fourth-order valence-electron chi connectivity index (χ4n) is 2.20. The highest BCUT2D eigenvalue weighted by Crippen LogP contribution is 2.33. The average molecular weight is 259 g/mol. The summed E-state index contributed by atoms with van der Waals surface area (Å²) in [5, 5.41) is 2.07. The van der Waals surface area contributed by atoms with Gasteiger partial charge in [-0.2, -0.15) is 0 Å². The first-order chi connectivity index (χ1) is 9.17. The minimum atomic E-state index is -0.450. The van der Waals surface area contributed by atoms with Gasteiger partial charge in [0.2, 0.25) is 0 Å². The third-order valence-electron chi connectivity index (χ3n) is 3.14. The van der Waals surface area contributed by atoms with Gasteiger partial charge in [-0.15, -0.1) is 0 Å². The highest BCUT2D eigenvalue weighted by Gasteiger charge is 2.18. The number of rotatable bonds is 4. The van der Waals surface area contributed by atoms with Crippen LogP contribution in [0.3, 0.4) is 0 Å². The number of fused-ring (bicyclic) bond motifs is 1. The van der Waals surface area contributed by atoms with Crippen LogP contribution in [0.5, 0.6) is 5.75 Å². The molecule has 0 bridgehead atoms. The molecule has 2 N–H and O–H groups in total. The Kier molecular flexibility index (Phi) is 4.02. The topological polar surface area (TPSA) is 61.5 Å². The Morgan fingerprint density at radius 3 is 2.63 bits per heavy atom. The van der Waals surface area contributed by atoms with Crippen LogP contribution >= 0.6 is 0 Å². The lowest BCUT2D eigenvalue weighted by Crippen LogP contribution is -2.17. The van der Waals surface area contributed by atoms with E-state index >= 15 is 0 Å². The molecule has 0 heterocycles. The first-order valence-corrected chi connectivity index (χ1v) is 6.05. The van der Waals surface area contributed by atoms with Gasteiger partial charge in [0, 0.05) is 11.6 Å². The normalized spacial score (nSPS) is 12.2. The average Bonchev–Trinajstić information content (AvgIpc) is 2.45. The SMILES string of the molecule is COC(=O)C[C@@H](N)c1c(OC)ccc2ccccc12. The number of benzene rings is 2. The summed E-state index contributed by atoms with van der Waals surface area (Å²) in [6.45, 7) is 0. The van der Waals surface area contributed by atoms with Gasteiger partial charge in [-0.05, 0) is 16.8 Å². The zero-order valence-electron chi connectivity index (χ0n) is 11.1. The summed E-state index contributed by atoms with van der Waals surface area (Å²) in [5.41, 5.74) is 6.97. The van der Waals surface area contributed by atoms with Crippen molar-refractivity contribution < 1.29 is 14.3 Å². The zero-order valence-corrected chi connectivity index (χ0v) is 11.1. The number of ether oxygens (including phenoxy) is 2. The number of carbonyl (C=O) groups excluding carboxylic acids is 1. The third-order valence-corrected chi connectivity index (χ3v) is 3.14. The standard InChI is InChI=1S/C15H17NO3/c1-18-13-8-7-10-5-3-4-6-11(10)15(13)12(16)9-14(17)19-2/h3-8,12H,9,16H2,1-2H3/t12-/m1/s1. The van der Waals surface area contributed by atoms with E-state index in [2.05, 4.69) is 4.74 Å². The second-order valence-corrected chi connectivity index (χ2v) is 4.29. The van der Waals surface area contributed by atoms with Crippen molar-refractivity contribution in [3.8, 4) is 5.75 Å². The van der Waals surface area contributed by atoms with Crippen molar-refractivity contribution in [2.24, 2.45) is 5.73 Å². The fourth-order valence-corrected chi connectivity index (χ4v) is 2.20. The van der Waals surface area contributed by atoms with Gasteiger partial charge in [-0.3, -0.25) is 4.79 Å². The molecule has 0 spiro atoms. The van der Waals surface area contributed by atoms with Gasteiger partial charge in [-0.1, -0.05) is 30.3 Å². The van der Waals surface area contributed by atoms with Crippen LogP contribution in [0, 0.1) is 0 Å². The van der Waals surface area contributed by atoms with Gasteiger partial charge in [0.25, 0.3) is 0 Å². The minimum Gasteiger partial charge on any atom is -0.496 e. The van der Waals surface area contributed by atoms with Crippen LogP contribution in [-0.4, -0.2) is 20.2 Å². The molecule has 100 valence electrons. The van der Waals surface area contributed by atoms with Crippen molar-refractivity contribution in [1.29, 1.82) is 0 Å². The molecule has 2 rings (SSSR count). The maximum atomic E-state index is 11.4. The van der Waals surface area contributed by atoms with Crippen molar-refractivity contribution in [3.05, 3.63) is 42.0 Å². The molecular weight excluding hydrogens is 242 g/mol. The van der Waals surface area contributed by atoms with Crippen molar-refractivity contribution >= 4 is 16.7 Å². The second-order valence-electron chi connectivity index (χ2n) is 4.29. The van der Waals surface area contributed by atoms with Crippen LogP contribution in [0.15, 0.2) is 36.4 Å².